The lowest BCUT2D eigenvalue weighted by Crippen LogP contribution is -2.47. The molecule has 0 aliphatic carbocycles. The fraction of sp³-hybridized carbons (Fsp3) is 0.545. The van der Waals surface area contributed by atoms with Gasteiger partial charge in [0.2, 0.25) is 5.91 Å². The number of carbonyl (C=O) groups excluding carboxylic acids is 1. The third kappa shape index (κ3) is 4.41. The van der Waals surface area contributed by atoms with Crippen LogP contribution in [0.15, 0.2) is 42.7 Å². The Morgan fingerprint density at radius 3 is 2.48 bits per heavy atom. The number of likely N-dealkylation sites (tertiary alicyclic amines) is 1. The van der Waals surface area contributed by atoms with Crippen molar-refractivity contribution in [1.29, 1.82) is 0 Å². The zero-order chi connectivity index (χ0) is 19.4. The SMILES string of the molecule is CN(C)CCn1ccnc1C1CCN(C(=O)C(C)(C)c2ccccc2)CC1. The highest BCUT2D eigenvalue weighted by Crippen LogP contribution is 2.31. The number of likely N-dealkylation sites (N-methyl/N-ethyl adjacent to an activating group) is 1. The number of carbonyl (C=O) groups is 1. The lowest BCUT2D eigenvalue weighted by atomic mass is 9.82. The molecule has 3 rings (SSSR count). The Labute approximate surface area is 163 Å². The van der Waals surface area contributed by atoms with E-state index in [4.69, 9.17) is 0 Å². The van der Waals surface area contributed by atoms with Gasteiger partial charge in [0.25, 0.3) is 0 Å². The van der Waals surface area contributed by atoms with Gasteiger partial charge in [0.05, 0.1) is 5.41 Å². The molecule has 0 spiro atoms. The zero-order valence-electron chi connectivity index (χ0n) is 17.1. The largest absolute Gasteiger partial charge is 0.342 e. The van der Waals surface area contributed by atoms with Crippen molar-refractivity contribution >= 4 is 5.91 Å². The van der Waals surface area contributed by atoms with E-state index in [0.29, 0.717) is 5.92 Å². The quantitative estimate of drug-likeness (QED) is 0.787. The van der Waals surface area contributed by atoms with Crippen molar-refractivity contribution in [3.63, 3.8) is 0 Å². The molecular formula is C22H32N4O. The van der Waals surface area contributed by atoms with Gasteiger partial charge in [-0.25, -0.2) is 4.98 Å². The Bertz CT molecular complexity index is 743. The normalized spacial score (nSPS) is 16.1. The van der Waals surface area contributed by atoms with Crippen LogP contribution < -0.4 is 0 Å². The molecule has 1 saturated heterocycles. The maximum Gasteiger partial charge on any atom is 0.232 e. The number of imidazole rings is 1. The maximum absolute atomic E-state index is 13.2. The minimum atomic E-state index is -0.488. The highest BCUT2D eigenvalue weighted by Gasteiger charge is 2.36. The van der Waals surface area contributed by atoms with Gasteiger partial charge in [-0.1, -0.05) is 30.3 Å². The Balaban J connectivity index is 1.62. The van der Waals surface area contributed by atoms with Crippen LogP contribution in [0, 0.1) is 0 Å². The van der Waals surface area contributed by atoms with E-state index >= 15 is 0 Å². The molecule has 1 aliphatic heterocycles. The second kappa shape index (κ2) is 8.26. The fourth-order valence-corrected chi connectivity index (χ4v) is 3.89. The third-order valence-corrected chi connectivity index (χ3v) is 5.71. The van der Waals surface area contributed by atoms with Crippen LogP contribution >= 0.6 is 0 Å². The molecule has 5 heteroatoms. The van der Waals surface area contributed by atoms with Crippen molar-refractivity contribution in [1.82, 2.24) is 19.4 Å². The standard InChI is InChI=1S/C22H32N4O/c1-22(2,19-8-6-5-7-9-19)21(27)26-13-10-18(11-14-26)20-23-12-15-25(20)17-16-24(3)4/h5-9,12,15,18H,10-11,13-14,16-17H2,1-4H3. The molecule has 2 aromatic rings. The van der Waals surface area contributed by atoms with Crippen LogP contribution in [-0.4, -0.2) is 59.0 Å². The molecular weight excluding hydrogens is 336 g/mol. The molecule has 2 heterocycles. The van der Waals surface area contributed by atoms with Crippen LogP contribution in [0.5, 0.6) is 0 Å². The van der Waals surface area contributed by atoms with Crippen LogP contribution in [0.3, 0.4) is 0 Å². The first-order valence-corrected chi connectivity index (χ1v) is 9.90. The Morgan fingerprint density at radius 2 is 1.85 bits per heavy atom. The van der Waals surface area contributed by atoms with Gasteiger partial charge in [-0.05, 0) is 46.3 Å². The molecule has 1 fully saturated rings. The van der Waals surface area contributed by atoms with Crippen molar-refractivity contribution < 1.29 is 4.79 Å². The van der Waals surface area contributed by atoms with Gasteiger partial charge in [0.15, 0.2) is 0 Å². The number of nitrogens with zero attached hydrogens (tertiary/aromatic N) is 4. The van der Waals surface area contributed by atoms with Crippen molar-refractivity contribution in [2.24, 2.45) is 0 Å². The zero-order valence-corrected chi connectivity index (χ0v) is 17.1. The minimum Gasteiger partial charge on any atom is -0.342 e. The second-order valence-electron chi connectivity index (χ2n) is 8.34. The number of benzene rings is 1. The Kier molecular flexibility index (Phi) is 6.00. The lowest BCUT2D eigenvalue weighted by Gasteiger charge is -2.37. The maximum atomic E-state index is 13.2. The Hall–Kier alpha value is -2.14. The van der Waals surface area contributed by atoms with Crippen LogP contribution in [0.4, 0.5) is 0 Å². The summed E-state index contributed by atoms with van der Waals surface area (Å²) < 4.78 is 2.27. The molecule has 0 N–H and O–H groups in total. The summed E-state index contributed by atoms with van der Waals surface area (Å²) in [5.74, 6) is 1.83. The summed E-state index contributed by atoms with van der Waals surface area (Å²) in [4.78, 5) is 22.0. The molecule has 1 aromatic carbocycles. The van der Waals surface area contributed by atoms with Crippen LogP contribution in [0.2, 0.25) is 0 Å². The van der Waals surface area contributed by atoms with Crippen molar-refractivity contribution in [2.45, 2.75) is 44.6 Å². The predicted octanol–water partition coefficient (Wildman–Crippen LogP) is 3.13. The van der Waals surface area contributed by atoms with Crippen molar-refractivity contribution in [2.75, 3.05) is 33.7 Å². The van der Waals surface area contributed by atoms with Crippen molar-refractivity contribution in [3.8, 4) is 0 Å². The van der Waals surface area contributed by atoms with Gasteiger partial charge in [0.1, 0.15) is 5.82 Å². The number of aromatic nitrogens is 2. The van der Waals surface area contributed by atoms with Gasteiger partial charge in [-0.15, -0.1) is 0 Å². The van der Waals surface area contributed by atoms with Crippen LogP contribution in [0.25, 0.3) is 0 Å². The van der Waals surface area contributed by atoms with Gasteiger partial charge >= 0.3 is 0 Å². The van der Waals surface area contributed by atoms with Gasteiger partial charge in [-0.2, -0.15) is 0 Å². The lowest BCUT2D eigenvalue weighted by molar-refractivity contribution is -0.137. The monoisotopic (exact) mass is 368 g/mol. The van der Waals surface area contributed by atoms with Gasteiger partial charge in [-0.3, -0.25) is 4.79 Å². The Morgan fingerprint density at radius 1 is 1.19 bits per heavy atom. The van der Waals surface area contributed by atoms with E-state index in [0.717, 1.165) is 44.6 Å². The molecule has 1 aromatic heterocycles. The molecule has 27 heavy (non-hydrogen) atoms. The first-order chi connectivity index (χ1) is 12.9. The average Bonchev–Trinajstić information content (AvgIpc) is 3.15. The molecule has 0 unspecified atom stereocenters. The smallest absolute Gasteiger partial charge is 0.232 e. The molecule has 0 bridgehead atoms. The summed E-state index contributed by atoms with van der Waals surface area (Å²) in [6.45, 7) is 7.64. The first kappa shape index (κ1) is 19.6. The predicted molar refractivity (Wildman–Crippen MR) is 109 cm³/mol. The van der Waals surface area contributed by atoms with E-state index < -0.39 is 5.41 Å². The number of piperidine rings is 1. The molecule has 0 atom stereocenters. The number of amides is 1. The van der Waals surface area contributed by atoms with E-state index in [-0.39, 0.29) is 5.91 Å². The summed E-state index contributed by atoms with van der Waals surface area (Å²) >= 11 is 0. The number of hydrogen-bond acceptors (Lipinski definition) is 3. The highest BCUT2D eigenvalue weighted by atomic mass is 16.2. The average molecular weight is 369 g/mol. The molecule has 1 amide bonds. The molecule has 0 saturated carbocycles. The van der Waals surface area contributed by atoms with Crippen LogP contribution in [0.1, 0.15) is 44.0 Å². The second-order valence-corrected chi connectivity index (χ2v) is 8.34. The van der Waals surface area contributed by atoms with E-state index in [1.807, 2.05) is 55.3 Å². The number of hydrogen-bond donors (Lipinski definition) is 0. The van der Waals surface area contributed by atoms with E-state index in [9.17, 15) is 4.79 Å². The van der Waals surface area contributed by atoms with Gasteiger partial charge in [0, 0.05) is 44.5 Å². The van der Waals surface area contributed by atoms with Gasteiger partial charge < -0.3 is 14.4 Å². The third-order valence-electron chi connectivity index (χ3n) is 5.71. The molecule has 5 nitrogen and oxygen atoms in total. The summed E-state index contributed by atoms with van der Waals surface area (Å²) in [6, 6.07) is 10.1. The van der Waals surface area contributed by atoms with Crippen LogP contribution in [-0.2, 0) is 16.8 Å². The fourth-order valence-electron chi connectivity index (χ4n) is 3.89. The minimum absolute atomic E-state index is 0.225. The van der Waals surface area contributed by atoms with E-state index in [1.165, 1.54) is 5.82 Å². The van der Waals surface area contributed by atoms with Crippen molar-refractivity contribution in [3.05, 3.63) is 54.1 Å². The van der Waals surface area contributed by atoms with E-state index in [1.54, 1.807) is 0 Å². The topological polar surface area (TPSA) is 41.4 Å². The molecule has 146 valence electrons. The molecule has 1 aliphatic rings. The first-order valence-electron chi connectivity index (χ1n) is 9.90. The summed E-state index contributed by atoms with van der Waals surface area (Å²) in [6.07, 6.45) is 5.95. The highest BCUT2D eigenvalue weighted by molar-refractivity contribution is 5.87. The van der Waals surface area contributed by atoms with E-state index in [2.05, 4.69) is 34.7 Å². The summed E-state index contributed by atoms with van der Waals surface area (Å²) in [5.41, 5.74) is 0.592. The molecule has 0 radical (unpaired) electrons. The summed E-state index contributed by atoms with van der Waals surface area (Å²) in [7, 11) is 4.18. The summed E-state index contributed by atoms with van der Waals surface area (Å²) in [5, 5.41) is 0. The number of rotatable bonds is 6.